The van der Waals surface area contributed by atoms with Gasteiger partial charge in [-0.05, 0) is 87.4 Å². The molecule has 1 unspecified atom stereocenters. The molecule has 36 heavy (non-hydrogen) atoms. The Morgan fingerprint density at radius 1 is 1.03 bits per heavy atom. The van der Waals surface area contributed by atoms with Crippen molar-refractivity contribution in [2.45, 2.75) is 69.7 Å². The molecule has 5 rings (SSSR count). The molecular formula is C27H31F2N5O2. The van der Waals surface area contributed by atoms with Crippen LogP contribution in [0.2, 0.25) is 0 Å². The third kappa shape index (κ3) is 4.97. The lowest BCUT2D eigenvalue weighted by atomic mass is 9.69. The summed E-state index contributed by atoms with van der Waals surface area (Å²) < 4.78 is 29.4. The van der Waals surface area contributed by atoms with E-state index in [1.165, 1.54) is 31.5 Å². The lowest BCUT2D eigenvalue weighted by Gasteiger charge is -2.55. The lowest BCUT2D eigenvalue weighted by Crippen LogP contribution is -2.66. The highest BCUT2D eigenvalue weighted by molar-refractivity contribution is 5.74. The van der Waals surface area contributed by atoms with Gasteiger partial charge in [0.1, 0.15) is 5.75 Å². The van der Waals surface area contributed by atoms with E-state index in [1.807, 2.05) is 12.1 Å². The molecule has 0 aliphatic carbocycles. The highest BCUT2D eigenvalue weighted by Gasteiger charge is 2.46. The topological polar surface area (TPSA) is 83.4 Å². The molecule has 4 heterocycles. The molecule has 1 aromatic carbocycles. The molecule has 0 spiro atoms. The number of alkyl halides is 2. The SMILES string of the molecule is CN(c1ccc(-c2ccc(-c3ccnc(OC(F)F)c3)cc2O)nn1)C1C[C@]2(C)CCC[C@](C)(C1)N2. The first-order valence-electron chi connectivity index (χ1n) is 12.2. The zero-order chi connectivity index (χ0) is 25.5. The molecule has 3 atom stereocenters. The van der Waals surface area contributed by atoms with Crippen LogP contribution in [0.1, 0.15) is 46.0 Å². The maximum absolute atomic E-state index is 12.5. The number of benzene rings is 1. The van der Waals surface area contributed by atoms with Gasteiger partial charge in [0.25, 0.3) is 0 Å². The second-order valence-electron chi connectivity index (χ2n) is 10.5. The van der Waals surface area contributed by atoms with Crippen LogP contribution in [0.4, 0.5) is 14.6 Å². The van der Waals surface area contributed by atoms with Crippen LogP contribution < -0.4 is 15.0 Å². The van der Waals surface area contributed by atoms with Crippen molar-refractivity contribution in [3.05, 3.63) is 48.7 Å². The molecule has 7 nitrogen and oxygen atoms in total. The summed E-state index contributed by atoms with van der Waals surface area (Å²) in [4.78, 5) is 6.01. The van der Waals surface area contributed by atoms with Crippen molar-refractivity contribution in [1.29, 1.82) is 0 Å². The molecule has 190 valence electrons. The largest absolute Gasteiger partial charge is 0.507 e. The number of hydrogen-bond acceptors (Lipinski definition) is 7. The van der Waals surface area contributed by atoms with Crippen LogP contribution in [0.5, 0.6) is 11.6 Å². The number of phenolic OH excluding ortho intramolecular Hbond substituents is 1. The summed E-state index contributed by atoms with van der Waals surface area (Å²) >= 11 is 0. The fourth-order valence-corrected chi connectivity index (χ4v) is 5.93. The number of piperidine rings is 2. The Hall–Kier alpha value is -3.33. The fourth-order valence-electron chi connectivity index (χ4n) is 5.93. The van der Waals surface area contributed by atoms with Gasteiger partial charge in [0.15, 0.2) is 5.82 Å². The third-order valence-corrected chi connectivity index (χ3v) is 7.54. The molecule has 2 bridgehead atoms. The zero-order valence-corrected chi connectivity index (χ0v) is 20.7. The molecule has 3 aromatic rings. The Labute approximate surface area is 209 Å². The smallest absolute Gasteiger partial charge is 0.388 e. The van der Waals surface area contributed by atoms with E-state index in [0.29, 0.717) is 28.4 Å². The summed E-state index contributed by atoms with van der Waals surface area (Å²) in [6.07, 6.45) is 7.14. The minimum absolute atomic E-state index is 0.0167. The maximum atomic E-state index is 12.5. The number of rotatable bonds is 6. The van der Waals surface area contributed by atoms with Crippen molar-refractivity contribution in [2.75, 3.05) is 11.9 Å². The minimum atomic E-state index is -2.95. The number of fused-ring (bicyclic) bond motifs is 2. The average molecular weight is 496 g/mol. The Morgan fingerprint density at radius 3 is 2.39 bits per heavy atom. The van der Waals surface area contributed by atoms with Gasteiger partial charge >= 0.3 is 6.61 Å². The van der Waals surface area contributed by atoms with E-state index in [0.717, 1.165) is 18.7 Å². The maximum Gasteiger partial charge on any atom is 0.388 e. The van der Waals surface area contributed by atoms with Gasteiger partial charge in [0.2, 0.25) is 5.88 Å². The van der Waals surface area contributed by atoms with E-state index in [2.05, 4.69) is 51.0 Å². The number of hydrogen-bond donors (Lipinski definition) is 2. The van der Waals surface area contributed by atoms with Crippen LogP contribution in [-0.2, 0) is 0 Å². The molecule has 0 amide bonds. The van der Waals surface area contributed by atoms with E-state index in [1.54, 1.807) is 24.3 Å². The summed E-state index contributed by atoms with van der Waals surface area (Å²) in [5.74, 6) is 0.635. The Kier molecular flexibility index (Phi) is 6.28. The molecule has 2 fully saturated rings. The van der Waals surface area contributed by atoms with E-state index in [-0.39, 0.29) is 22.7 Å². The molecule has 0 radical (unpaired) electrons. The van der Waals surface area contributed by atoms with Crippen LogP contribution in [0.15, 0.2) is 48.7 Å². The van der Waals surface area contributed by atoms with E-state index >= 15 is 0 Å². The van der Waals surface area contributed by atoms with Crippen LogP contribution >= 0.6 is 0 Å². The molecule has 2 aliphatic rings. The summed E-state index contributed by atoms with van der Waals surface area (Å²) in [6.45, 7) is 1.69. The van der Waals surface area contributed by atoms with Gasteiger partial charge < -0.3 is 20.1 Å². The molecule has 2 saturated heterocycles. The van der Waals surface area contributed by atoms with E-state index in [4.69, 9.17) is 0 Å². The van der Waals surface area contributed by atoms with E-state index < -0.39 is 6.61 Å². The monoisotopic (exact) mass is 495 g/mol. The quantitative estimate of drug-likeness (QED) is 0.474. The Bertz CT molecular complexity index is 1220. The van der Waals surface area contributed by atoms with Gasteiger partial charge in [-0.2, -0.15) is 8.78 Å². The number of anilines is 1. The van der Waals surface area contributed by atoms with Gasteiger partial charge in [-0.25, -0.2) is 4.98 Å². The van der Waals surface area contributed by atoms with Crippen molar-refractivity contribution in [1.82, 2.24) is 20.5 Å². The standard InChI is InChI=1S/C27H31F2N5O2/c1-26-10-4-11-27(2,33-26)16-19(15-26)34(3)23-8-7-21(31-32-23)20-6-5-17(13-22(20)35)18-9-12-30-24(14-18)36-25(28)29/h5-9,12-14,19,25,33,35H,4,10-11,15-16H2,1-3H3/t19?,26-,27+. The van der Waals surface area contributed by atoms with Crippen LogP contribution in [-0.4, -0.2) is 51.1 Å². The summed E-state index contributed by atoms with van der Waals surface area (Å²) in [5.41, 5.74) is 2.61. The number of phenols is 1. The first kappa shape index (κ1) is 24.4. The van der Waals surface area contributed by atoms with Crippen molar-refractivity contribution in [3.63, 3.8) is 0 Å². The number of nitrogens with one attached hydrogen (secondary N) is 1. The fraction of sp³-hybridized carbons (Fsp3) is 0.444. The molecule has 2 aliphatic heterocycles. The van der Waals surface area contributed by atoms with Crippen molar-refractivity contribution < 1.29 is 18.6 Å². The molecule has 2 N–H and O–H groups in total. The minimum Gasteiger partial charge on any atom is -0.507 e. The zero-order valence-electron chi connectivity index (χ0n) is 20.7. The molecule has 9 heteroatoms. The molecular weight excluding hydrogens is 464 g/mol. The predicted molar refractivity (Wildman–Crippen MR) is 134 cm³/mol. The number of ether oxygens (including phenoxy) is 1. The van der Waals surface area contributed by atoms with Gasteiger partial charge in [-0.1, -0.05) is 6.07 Å². The highest BCUT2D eigenvalue weighted by Crippen LogP contribution is 2.42. The second-order valence-corrected chi connectivity index (χ2v) is 10.5. The number of aromatic hydroxyl groups is 1. The summed E-state index contributed by atoms with van der Waals surface area (Å²) in [5, 5.41) is 23.5. The van der Waals surface area contributed by atoms with Crippen LogP contribution in [0.3, 0.4) is 0 Å². The van der Waals surface area contributed by atoms with Crippen molar-refractivity contribution >= 4 is 5.82 Å². The number of aromatic nitrogens is 3. The van der Waals surface area contributed by atoms with Crippen molar-refractivity contribution in [2.24, 2.45) is 0 Å². The summed E-state index contributed by atoms with van der Waals surface area (Å²) in [6, 6.07) is 12.3. The number of nitrogens with zero attached hydrogens (tertiary/aromatic N) is 4. The number of halogens is 2. The van der Waals surface area contributed by atoms with E-state index in [9.17, 15) is 13.9 Å². The van der Waals surface area contributed by atoms with Crippen LogP contribution in [0, 0.1) is 0 Å². The molecule has 2 aromatic heterocycles. The summed E-state index contributed by atoms with van der Waals surface area (Å²) in [7, 11) is 2.08. The lowest BCUT2D eigenvalue weighted by molar-refractivity contribution is -0.0528. The second kappa shape index (κ2) is 9.28. The predicted octanol–water partition coefficient (Wildman–Crippen LogP) is 5.40. The average Bonchev–Trinajstić information content (AvgIpc) is 2.82. The van der Waals surface area contributed by atoms with Gasteiger partial charge in [-0.15, -0.1) is 10.2 Å². The Morgan fingerprint density at radius 2 is 1.75 bits per heavy atom. The Balaban J connectivity index is 1.33. The van der Waals surface area contributed by atoms with Crippen LogP contribution in [0.25, 0.3) is 22.4 Å². The van der Waals surface area contributed by atoms with Gasteiger partial charge in [0, 0.05) is 42.0 Å². The first-order chi connectivity index (χ1) is 17.1. The normalized spacial score (nSPS) is 25.6. The van der Waals surface area contributed by atoms with Crippen molar-refractivity contribution in [3.8, 4) is 34.0 Å². The highest BCUT2D eigenvalue weighted by atomic mass is 19.3. The first-order valence-corrected chi connectivity index (χ1v) is 12.2. The van der Waals surface area contributed by atoms with Gasteiger partial charge in [-0.3, -0.25) is 0 Å². The van der Waals surface area contributed by atoms with Gasteiger partial charge in [0.05, 0.1) is 5.69 Å². The third-order valence-electron chi connectivity index (χ3n) is 7.54. The number of pyridine rings is 1. The molecule has 0 saturated carbocycles.